The van der Waals surface area contributed by atoms with Crippen LogP contribution in [0.25, 0.3) is 21.1 Å². The van der Waals surface area contributed by atoms with Gasteiger partial charge in [0.15, 0.2) is 0 Å². The maximum absolute atomic E-state index is 12.5. The summed E-state index contributed by atoms with van der Waals surface area (Å²) >= 11 is 3.00. The van der Waals surface area contributed by atoms with Crippen molar-refractivity contribution in [2.75, 3.05) is 5.75 Å². The Kier molecular flexibility index (Phi) is 6.97. The summed E-state index contributed by atoms with van der Waals surface area (Å²) < 4.78 is 0. The molecule has 0 aliphatic heterocycles. The van der Waals surface area contributed by atoms with Crippen LogP contribution < -0.4 is 0 Å². The Bertz CT molecular complexity index is 947. The number of hydrogen-bond acceptors (Lipinski definition) is 7. The molecule has 3 aromatic rings. The van der Waals surface area contributed by atoms with Gasteiger partial charge in [0.2, 0.25) is 5.91 Å². The molecule has 0 saturated heterocycles. The van der Waals surface area contributed by atoms with Gasteiger partial charge in [-0.05, 0) is 58.9 Å². The topological polar surface area (TPSA) is 71.9 Å². The number of carbonyl (C=O) groups excluding carboxylic acids is 1. The molecule has 0 saturated carbocycles. The Labute approximate surface area is 179 Å². The lowest BCUT2D eigenvalue weighted by Crippen LogP contribution is -2.43. The number of pyridine rings is 1. The highest BCUT2D eigenvalue weighted by Gasteiger charge is 2.20. The van der Waals surface area contributed by atoms with Crippen molar-refractivity contribution in [3.8, 4) is 21.1 Å². The normalized spacial score (nSPS) is 11.3. The molecule has 0 unspecified atom stereocenters. The second-order valence-electron chi connectivity index (χ2n) is 7.21. The smallest absolute Gasteiger partial charge is 0.233 e. The minimum Gasteiger partial charge on any atom is -0.337 e. The van der Waals surface area contributed by atoms with Crippen molar-refractivity contribution in [2.24, 2.45) is 0 Å². The van der Waals surface area contributed by atoms with Crippen LogP contribution in [0.5, 0.6) is 0 Å². The van der Waals surface area contributed by atoms with Crippen LogP contribution in [0.3, 0.4) is 0 Å². The van der Waals surface area contributed by atoms with Crippen molar-refractivity contribution in [3.63, 3.8) is 0 Å². The second-order valence-corrected chi connectivity index (χ2v) is 9.20. The first kappa shape index (κ1) is 21.4. The first-order chi connectivity index (χ1) is 13.9. The van der Waals surface area contributed by atoms with Crippen molar-refractivity contribution < 1.29 is 4.79 Å². The summed E-state index contributed by atoms with van der Waals surface area (Å²) in [4.78, 5) is 24.2. The number of rotatable bonds is 7. The minimum atomic E-state index is 0.116. The summed E-state index contributed by atoms with van der Waals surface area (Å²) in [6.45, 7) is 10.1. The van der Waals surface area contributed by atoms with Gasteiger partial charge in [-0.1, -0.05) is 11.8 Å². The molecule has 152 valence electrons. The summed E-state index contributed by atoms with van der Waals surface area (Å²) in [6, 6.07) is 8.11. The molecular formula is C21H25N5OS2. The predicted octanol–water partition coefficient (Wildman–Crippen LogP) is 4.71. The molecule has 3 rings (SSSR count). The molecule has 6 nitrogen and oxygen atoms in total. The number of aromatic nitrogens is 4. The number of carbonyl (C=O) groups is 1. The second kappa shape index (κ2) is 9.45. The van der Waals surface area contributed by atoms with Crippen LogP contribution in [0.2, 0.25) is 0 Å². The molecular weight excluding hydrogens is 402 g/mol. The van der Waals surface area contributed by atoms with E-state index in [1.54, 1.807) is 17.5 Å². The van der Waals surface area contributed by atoms with Crippen LogP contribution >= 0.6 is 23.1 Å². The van der Waals surface area contributed by atoms with E-state index in [4.69, 9.17) is 0 Å². The Hall–Kier alpha value is -2.32. The molecule has 3 aromatic heterocycles. The van der Waals surface area contributed by atoms with E-state index in [2.05, 4.69) is 20.2 Å². The molecule has 0 spiro atoms. The number of nitrogens with zero attached hydrogens (tertiary/aromatic N) is 5. The molecule has 0 N–H and O–H groups in total. The summed E-state index contributed by atoms with van der Waals surface area (Å²) in [5, 5.41) is 10.3. The van der Waals surface area contributed by atoms with E-state index >= 15 is 0 Å². The van der Waals surface area contributed by atoms with Crippen LogP contribution in [0, 0.1) is 6.92 Å². The molecule has 29 heavy (non-hydrogen) atoms. The van der Waals surface area contributed by atoms with Crippen LogP contribution in [0.1, 0.15) is 33.4 Å². The van der Waals surface area contributed by atoms with Gasteiger partial charge in [-0.2, -0.15) is 0 Å². The van der Waals surface area contributed by atoms with Gasteiger partial charge < -0.3 is 4.90 Å². The van der Waals surface area contributed by atoms with E-state index in [1.165, 1.54) is 11.8 Å². The molecule has 3 heterocycles. The zero-order valence-electron chi connectivity index (χ0n) is 17.3. The average molecular weight is 428 g/mol. The summed E-state index contributed by atoms with van der Waals surface area (Å²) in [5.74, 6) is 0.472. The lowest BCUT2D eigenvalue weighted by molar-refractivity contribution is -0.131. The van der Waals surface area contributed by atoms with Crippen molar-refractivity contribution in [1.29, 1.82) is 0 Å². The Morgan fingerprint density at radius 3 is 2.48 bits per heavy atom. The van der Waals surface area contributed by atoms with Crippen LogP contribution in [0.4, 0.5) is 0 Å². The Morgan fingerprint density at radius 2 is 1.90 bits per heavy atom. The molecule has 0 aliphatic rings. The Balaban J connectivity index is 1.69. The molecule has 0 atom stereocenters. The van der Waals surface area contributed by atoms with E-state index in [0.717, 1.165) is 31.9 Å². The first-order valence-electron chi connectivity index (χ1n) is 9.52. The SMILES string of the molecule is Cc1nc(-c2cccnc2)sc1-c1ccc(SCC(=O)N(C(C)C)C(C)C)nn1. The van der Waals surface area contributed by atoms with Gasteiger partial charge in [-0.15, -0.1) is 21.5 Å². The van der Waals surface area contributed by atoms with Gasteiger partial charge in [0, 0.05) is 30.0 Å². The van der Waals surface area contributed by atoms with Gasteiger partial charge in [0.05, 0.1) is 16.3 Å². The van der Waals surface area contributed by atoms with E-state index in [9.17, 15) is 4.79 Å². The van der Waals surface area contributed by atoms with Crippen molar-refractivity contribution in [1.82, 2.24) is 25.1 Å². The fourth-order valence-electron chi connectivity index (χ4n) is 3.15. The van der Waals surface area contributed by atoms with Crippen LogP contribution in [0.15, 0.2) is 41.7 Å². The monoisotopic (exact) mass is 427 g/mol. The molecule has 0 bridgehead atoms. The maximum atomic E-state index is 12.5. The lowest BCUT2D eigenvalue weighted by atomic mass is 10.2. The highest BCUT2D eigenvalue weighted by atomic mass is 32.2. The number of thioether (sulfide) groups is 1. The van der Waals surface area contributed by atoms with E-state index in [-0.39, 0.29) is 18.0 Å². The molecule has 0 fully saturated rings. The third-order valence-electron chi connectivity index (χ3n) is 4.32. The molecule has 0 aromatic carbocycles. The Morgan fingerprint density at radius 1 is 1.14 bits per heavy atom. The zero-order valence-corrected chi connectivity index (χ0v) is 18.9. The van der Waals surface area contributed by atoms with Crippen molar-refractivity contribution in [2.45, 2.75) is 51.7 Å². The van der Waals surface area contributed by atoms with Crippen LogP contribution in [-0.4, -0.2) is 48.8 Å². The quantitative estimate of drug-likeness (QED) is 0.509. The molecule has 8 heteroatoms. The van der Waals surface area contributed by atoms with Gasteiger partial charge in [0.25, 0.3) is 0 Å². The van der Waals surface area contributed by atoms with Gasteiger partial charge in [-0.3, -0.25) is 9.78 Å². The van der Waals surface area contributed by atoms with Gasteiger partial charge >= 0.3 is 0 Å². The highest BCUT2D eigenvalue weighted by Crippen LogP contribution is 2.34. The maximum Gasteiger partial charge on any atom is 0.233 e. The molecule has 1 amide bonds. The summed E-state index contributed by atoms with van der Waals surface area (Å²) in [5.41, 5.74) is 2.70. The summed E-state index contributed by atoms with van der Waals surface area (Å²) in [7, 11) is 0. The van der Waals surface area contributed by atoms with E-state index < -0.39 is 0 Å². The van der Waals surface area contributed by atoms with Gasteiger partial charge in [-0.25, -0.2) is 4.98 Å². The standard InChI is InChI=1S/C21H25N5OS2/c1-13(2)26(14(3)4)19(27)12-28-18-9-8-17(24-25-18)20-15(5)23-21(29-20)16-7-6-10-22-11-16/h6-11,13-14H,12H2,1-5H3. The number of hydrogen-bond donors (Lipinski definition) is 0. The number of amides is 1. The van der Waals surface area contributed by atoms with Crippen molar-refractivity contribution in [3.05, 3.63) is 42.4 Å². The van der Waals surface area contributed by atoms with E-state index in [0.29, 0.717) is 5.75 Å². The lowest BCUT2D eigenvalue weighted by Gasteiger charge is -2.30. The first-order valence-corrected chi connectivity index (χ1v) is 11.3. The van der Waals surface area contributed by atoms with Crippen molar-refractivity contribution >= 4 is 29.0 Å². The average Bonchev–Trinajstić information content (AvgIpc) is 3.08. The fourth-order valence-corrected chi connectivity index (χ4v) is 4.85. The predicted molar refractivity (Wildman–Crippen MR) is 119 cm³/mol. The third kappa shape index (κ3) is 5.19. The molecule has 0 aliphatic carbocycles. The largest absolute Gasteiger partial charge is 0.337 e. The number of aryl methyl sites for hydroxylation is 1. The zero-order chi connectivity index (χ0) is 21.0. The van der Waals surface area contributed by atoms with Crippen LogP contribution in [-0.2, 0) is 4.79 Å². The third-order valence-corrected chi connectivity index (χ3v) is 6.46. The van der Waals surface area contributed by atoms with Gasteiger partial charge in [0.1, 0.15) is 15.7 Å². The highest BCUT2D eigenvalue weighted by molar-refractivity contribution is 7.99. The summed E-state index contributed by atoms with van der Waals surface area (Å²) in [6.07, 6.45) is 3.56. The fraction of sp³-hybridized carbons (Fsp3) is 0.381. The molecule has 0 radical (unpaired) electrons. The minimum absolute atomic E-state index is 0.116. The number of thiazole rings is 1. The van der Waals surface area contributed by atoms with E-state index in [1.807, 2.05) is 70.0 Å².